The third-order valence-electron chi connectivity index (χ3n) is 19.2. The molecule has 6 atom stereocenters. The molecule has 0 saturated carbocycles. The van der Waals surface area contributed by atoms with E-state index < -0.39 is 97.5 Å². The Morgan fingerprint density at radius 1 is 0.280 bits per heavy atom. The summed E-state index contributed by atoms with van der Waals surface area (Å²) in [6, 6.07) is 0. The second-order valence-electron chi connectivity index (χ2n) is 30.8. The van der Waals surface area contributed by atoms with Crippen molar-refractivity contribution in [3.63, 3.8) is 0 Å². The second-order valence-corrected chi connectivity index (χ2v) is 33.7. The Morgan fingerprint density at radius 2 is 0.480 bits per heavy atom. The maximum atomic E-state index is 13.1. The number of ether oxygens (including phenoxy) is 4. The highest BCUT2D eigenvalue weighted by Gasteiger charge is 2.30. The molecule has 0 aliphatic heterocycles. The van der Waals surface area contributed by atoms with Crippen molar-refractivity contribution >= 4 is 39.5 Å². The lowest BCUT2D eigenvalue weighted by Crippen LogP contribution is -2.30. The molecule has 0 aliphatic rings. The quantitative estimate of drug-likeness (QED) is 0.0222. The van der Waals surface area contributed by atoms with Gasteiger partial charge in [0.25, 0.3) is 0 Å². The van der Waals surface area contributed by atoms with Crippen molar-refractivity contribution in [2.75, 3.05) is 39.6 Å². The van der Waals surface area contributed by atoms with Crippen molar-refractivity contribution in [1.29, 1.82) is 0 Å². The molecule has 0 aliphatic carbocycles. The van der Waals surface area contributed by atoms with E-state index in [2.05, 4.69) is 55.4 Å². The van der Waals surface area contributed by atoms with Crippen LogP contribution >= 0.6 is 15.6 Å². The van der Waals surface area contributed by atoms with Crippen LogP contribution in [0.2, 0.25) is 0 Å². The minimum Gasteiger partial charge on any atom is -0.462 e. The number of rotatable bonds is 78. The maximum Gasteiger partial charge on any atom is 0.472 e. The molecule has 0 amide bonds. The molecule has 0 aromatic carbocycles. The van der Waals surface area contributed by atoms with Crippen LogP contribution in [0.1, 0.15) is 415 Å². The molecule has 3 unspecified atom stereocenters. The third-order valence-corrected chi connectivity index (χ3v) is 21.1. The molecule has 0 saturated heterocycles. The summed E-state index contributed by atoms with van der Waals surface area (Å²) >= 11 is 0. The Morgan fingerprint density at radius 3 is 0.710 bits per heavy atom. The Hall–Kier alpha value is -1.94. The zero-order valence-electron chi connectivity index (χ0n) is 65.8. The standard InChI is InChI=1S/C81H158O17P2/c1-9-74(8)60-52-44-36-27-23-24-30-40-48-56-64-81(86)98-77(68-92-79(84)62-54-46-38-32-31-35-43-51-59-73(6)7)70-96-100(89,90)94-66-75(82)65-93-99(87,88)95-69-76(67-91-78(83)61-53-45-37-28-21-18-14-16-20-26-34-42-50-58-72(4)5)97-80(85)63-55-47-39-29-22-17-13-11-10-12-15-19-25-33-41-49-57-71(2)3/h71-77,82H,9-70H2,1-8H3,(H,87,88)(H,89,90)/t74?,75-,76-,77-/m1/s1. The molecule has 19 heteroatoms. The van der Waals surface area contributed by atoms with Gasteiger partial charge in [-0.3, -0.25) is 37.3 Å². The number of esters is 4. The summed E-state index contributed by atoms with van der Waals surface area (Å²) in [6.45, 7) is 14.3. The van der Waals surface area contributed by atoms with Crippen LogP contribution in [0.15, 0.2) is 0 Å². The number of phosphoric acid groups is 2. The fourth-order valence-corrected chi connectivity index (χ4v) is 14.0. The largest absolute Gasteiger partial charge is 0.472 e. The van der Waals surface area contributed by atoms with Crippen molar-refractivity contribution in [1.82, 2.24) is 0 Å². The highest BCUT2D eigenvalue weighted by molar-refractivity contribution is 7.47. The first-order valence-electron chi connectivity index (χ1n) is 41.7. The van der Waals surface area contributed by atoms with E-state index >= 15 is 0 Å². The fraction of sp³-hybridized carbons (Fsp3) is 0.951. The number of hydrogen-bond donors (Lipinski definition) is 3. The fourth-order valence-electron chi connectivity index (χ4n) is 12.4. The lowest BCUT2D eigenvalue weighted by molar-refractivity contribution is -0.161. The van der Waals surface area contributed by atoms with E-state index in [9.17, 15) is 43.2 Å². The smallest absolute Gasteiger partial charge is 0.462 e. The van der Waals surface area contributed by atoms with E-state index in [1.165, 1.54) is 218 Å². The van der Waals surface area contributed by atoms with E-state index in [1.54, 1.807) is 0 Å². The summed E-state index contributed by atoms with van der Waals surface area (Å²) in [5.41, 5.74) is 0. The Labute approximate surface area is 613 Å². The van der Waals surface area contributed by atoms with E-state index in [0.717, 1.165) is 114 Å². The molecule has 3 N–H and O–H groups in total. The van der Waals surface area contributed by atoms with E-state index in [0.29, 0.717) is 25.7 Å². The van der Waals surface area contributed by atoms with Gasteiger partial charge in [0, 0.05) is 25.7 Å². The number of aliphatic hydroxyl groups is 1. The first-order valence-corrected chi connectivity index (χ1v) is 44.7. The molecular weight excluding hydrogens is 1310 g/mol. The van der Waals surface area contributed by atoms with Gasteiger partial charge >= 0.3 is 39.5 Å². The van der Waals surface area contributed by atoms with Crippen molar-refractivity contribution in [3.05, 3.63) is 0 Å². The summed E-state index contributed by atoms with van der Waals surface area (Å²) in [6.07, 6.45) is 56.8. The van der Waals surface area contributed by atoms with Crippen molar-refractivity contribution in [3.8, 4) is 0 Å². The number of carbonyl (C=O) groups excluding carboxylic acids is 4. The Kier molecular flexibility index (Phi) is 68.7. The summed E-state index contributed by atoms with van der Waals surface area (Å²) in [5.74, 6) is 1.02. The van der Waals surface area contributed by atoms with E-state index in [4.69, 9.17) is 37.0 Å². The molecule has 0 radical (unpaired) electrons. The highest BCUT2D eigenvalue weighted by atomic mass is 31.2. The minimum absolute atomic E-state index is 0.105. The summed E-state index contributed by atoms with van der Waals surface area (Å²) in [4.78, 5) is 73.0. The first kappa shape index (κ1) is 98.1. The van der Waals surface area contributed by atoms with Crippen molar-refractivity contribution < 1.29 is 80.2 Å². The van der Waals surface area contributed by atoms with Gasteiger partial charge in [0.05, 0.1) is 26.4 Å². The monoisotopic (exact) mass is 1470 g/mol. The molecule has 17 nitrogen and oxygen atoms in total. The number of unbranched alkanes of at least 4 members (excludes halogenated alkanes) is 43. The number of carbonyl (C=O) groups is 4. The molecule has 0 spiro atoms. The van der Waals surface area contributed by atoms with Crippen molar-refractivity contribution in [2.45, 2.75) is 433 Å². The number of phosphoric ester groups is 2. The zero-order valence-corrected chi connectivity index (χ0v) is 67.6. The molecule has 0 aromatic rings. The average Bonchev–Trinajstić information content (AvgIpc) is 0.921. The predicted molar refractivity (Wildman–Crippen MR) is 409 cm³/mol. The van der Waals surface area contributed by atoms with Gasteiger partial charge in [0.2, 0.25) is 0 Å². The molecular formula is C81H158O17P2. The van der Waals surface area contributed by atoms with Crippen LogP contribution in [-0.2, 0) is 65.4 Å². The van der Waals surface area contributed by atoms with Gasteiger partial charge in [0.1, 0.15) is 19.3 Å². The van der Waals surface area contributed by atoms with E-state index in [-0.39, 0.29) is 25.7 Å². The molecule has 0 bridgehead atoms. The molecule has 594 valence electrons. The van der Waals surface area contributed by atoms with Crippen LogP contribution < -0.4 is 0 Å². The highest BCUT2D eigenvalue weighted by Crippen LogP contribution is 2.45. The normalized spacial score (nSPS) is 14.3. The Balaban J connectivity index is 5.26. The van der Waals surface area contributed by atoms with Gasteiger partial charge in [-0.25, -0.2) is 9.13 Å². The third kappa shape index (κ3) is 73.0. The predicted octanol–water partition coefficient (Wildman–Crippen LogP) is 24.0. The topological polar surface area (TPSA) is 237 Å². The summed E-state index contributed by atoms with van der Waals surface area (Å²) in [5, 5.41) is 10.6. The molecule has 0 heterocycles. The van der Waals surface area contributed by atoms with Crippen LogP contribution in [0.5, 0.6) is 0 Å². The minimum atomic E-state index is -4.96. The lowest BCUT2D eigenvalue weighted by Gasteiger charge is -2.21. The Bertz CT molecular complexity index is 1960. The van der Waals surface area contributed by atoms with Crippen LogP contribution in [-0.4, -0.2) is 96.7 Å². The SMILES string of the molecule is CCC(C)CCCCCCCCCCCCC(=O)O[C@H](COC(=O)CCCCCCCCCCC(C)C)COP(=O)(O)OC[C@H](O)COP(=O)(O)OC[C@@H](COC(=O)CCCCCCCCCCCCCCCC(C)C)OC(=O)CCCCCCCCCCCCCCCCCCC(C)C. The summed E-state index contributed by atoms with van der Waals surface area (Å²) in [7, 11) is -9.92. The van der Waals surface area contributed by atoms with E-state index in [1.807, 2.05) is 0 Å². The zero-order chi connectivity index (χ0) is 73.8. The van der Waals surface area contributed by atoms with Crippen LogP contribution in [0.3, 0.4) is 0 Å². The summed E-state index contributed by atoms with van der Waals surface area (Å²) < 4.78 is 68.7. The molecule has 0 aromatic heterocycles. The lowest BCUT2D eigenvalue weighted by atomic mass is 9.99. The molecule has 100 heavy (non-hydrogen) atoms. The van der Waals surface area contributed by atoms with Gasteiger partial charge < -0.3 is 33.8 Å². The number of aliphatic hydroxyl groups excluding tert-OH is 1. The average molecular weight is 1470 g/mol. The molecule has 0 rings (SSSR count). The first-order chi connectivity index (χ1) is 48.1. The van der Waals surface area contributed by atoms with Gasteiger partial charge in [0.15, 0.2) is 12.2 Å². The van der Waals surface area contributed by atoms with Crippen LogP contribution in [0, 0.1) is 23.7 Å². The van der Waals surface area contributed by atoms with Crippen molar-refractivity contribution in [2.24, 2.45) is 23.7 Å². The van der Waals surface area contributed by atoms with Gasteiger partial charge in [-0.05, 0) is 49.4 Å². The van der Waals surface area contributed by atoms with Crippen LogP contribution in [0.25, 0.3) is 0 Å². The van der Waals surface area contributed by atoms with Gasteiger partial charge in [-0.2, -0.15) is 0 Å². The van der Waals surface area contributed by atoms with Crippen LogP contribution in [0.4, 0.5) is 0 Å². The maximum absolute atomic E-state index is 13.1. The van der Waals surface area contributed by atoms with Gasteiger partial charge in [-0.1, -0.05) is 364 Å². The van der Waals surface area contributed by atoms with Gasteiger partial charge in [-0.15, -0.1) is 0 Å². The second kappa shape index (κ2) is 70.1. The number of hydrogen-bond acceptors (Lipinski definition) is 15. The molecule has 0 fully saturated rings.